The number of rotatable bonds is 4. The molecule has 0 nitrogen and oxygen atoms in total. The lowest BCUT2D eigenvalue weighted by Crippen LogP contribution is -2.08. The maximum Gasteiger partial charge on any atom is 0.0211 e. The molecule has 14 heavy (non-hydrogen) atoms. The summed E-state index contributed by atoms with van der Waals surface area (Å²) in [7, 11) is 0. The van der Waals surface area contributed by atoms with Crippen molar-refractivity contribution < 1.29 is 0 Å². The van der Waals surface area contributed by atoms with E-state index in [2.05, 4.69) is 76.6 Å². The van der Waals surface area contributed by atoms with Gasteiger partial charge in [0.1, 0.15) is 0 Å². The predicted molar refractivity (Wildman–Crippen MR) is 75.2 cm³/mol. The molecule has 0 amide bonds. The van der Waals surface area contributed by atoms with Gasteiger partial charge in [-0.15, -0.1) is 0 Å². The maximum atomic E-state index is 3.76. The summed E-state index contributed by atoms with van der Waals surface area (Å²) in [4.78, 5) is 0.604. The standard InChI is InChI=1S/C12H16BrI/c1-3-4-12(13)9(2)10-5-7-11(14)8-6-10/h5-9,12H,3-4H2,1-2H3. The van der Waals surface area contributed by atoms with Crippen molar-refractivity contribution in [3.05, 3.63) is 33.4 Å². The topological polar surface area (TPSA) is 0 Å². The third-order valence-corrected chi connectivity index (χ3v) is 4.47. The summed E-state index contributed by atoms with van der Waals surface area (Å²) < 4.78 is 1.31. The first-order chi connectivity index (χ1) is 6.65. The van der Waals surface area contributed by atoms with Gasteiger partial charge in [0, 0.05) is 8.40 Å². The summed E-state index contributed by atoms with van der Waals surface area (Å²) in [5.41, 5.74) is 1.43. The summed E-state index contributed by atoms with van der Waals surface area (Å²) in [6.07, 6.45) is 2.48. The van der Waals surface area contributed by atoms with Gasteiger partial charge in [0.2, 0.25) is 0 Å². The number of hydrogen-bond acceptors (Lipinski definition) is 0. The van der Waals surface area contributed by atoms with Crippen molar-refractivity contribution in [2.24, 2.45) is 0 Å². The maximum absolute atomic E-state index is 3.76. The molecule has 0 saturated heterocycles. The molecule has 1 aromatic carbocycles. The van der Waals surface area contributed by atoms with Crippen LogP contribution in [0.25, 0.3) is 0 Å². The molecule has 0 fully saturated rings. The molecule has 2 heteroatoms. The number of benzene rings is 1. The van der Waals surface area contributed by atoms with Crippen LogP contribution < -0.4 is 0 Å². The molecule has 0 bridgehead atoms. The van der Waals surface area contributed by atoms with Crippen LogP contribution in [0.5, 0.6) is 0 Å². The van der Waals surface area contributed by atoms with Crippen LogP contribution in [0.15, 0.2) is 24.3 Å². The van der Waals surface area contributed by atoms with E-state index >= 15 is 0 Å². The highest BCUT2D eigenvalue weighted by molar-refractivity contribution is 14.1. The van der Waals surface area contributed by atoms with E-state index in [9.17, 15) is 0 Å². The van der Waals surface area contributed by atoms with Gasteiger partial charge in [0.05, 0.1) is 0 Å². The number of alkyl halides is 1. The van der Waals surface area contributed by atoms with Crippen molar-refractivity contribution in [2.75, 3.05) is 0 Å². The molecule has 78 valence electrons. The van der Waals surface area contributed by atoms with Gasteiger partial charge in [-0.1, -0.05) is 48.3 Å². The minimum absolute atomic E-state index is 0.604. The Balaban J connectivity index is 2.68. The Hall–Kier alpha value is 0.430. The van der Waals surface area contributed by atoms with Gasteiger partial charge in [0.25, 0.3) is 0 Å². The van der Waals surface area contributed by atoms with E-state index in [1.165, 1.54) is 22.0 Å². The first-order valence-electron chi connectivity index (χ1n) is 5.04. The Bertz CT molecular complexity index is 268. The van der Waals surface area contributed by atoms with Crippen LogP contribution in [0.4, 0.5) is 0 Å². The molecule has 0 N–H and O–H groups in total. The molecule has 0 saturated carbocycles. The highest BCUT2D eigenvalue weighted by atomic mass is 127. The van der Waals surface area contributed by atoms with Crippen molar-refractivity contribution >= 4 is 38.5 Å². The summed E-state index contributed by atoms with van der Waals surface area (Å²) in [5.74, 6) is 0.604. The third kappa shape index (κ3) is 3.54. The van der Waals surface area contributed by atoms with E-state index in [1.807, 2.05) is 0 Å². The minimum atomic E-state index is 0.604. The molecule has 1 aromatic rings. The lowest BCUT2D eigenvalue weighted by atomic mass is 9.96. The predicted octanol–water partition coefficient (Wildman–Crippen LogP) is 4.96. The van der Waals surface area contributed by atoms with Crippen LogP contribution >= 0.6 is 38.5 Å². The Morgan fingerprint density at radius 3 is 2.36 bits per heavy atom. The van der Waals surface area contributed by atoms with Gasteiger partial charge in [-0.2, -0.15) is 0 Å². The highest BCUT2D eigenvalue weighted by Gasteiger charge is 2.14. The van der Waals surface area contributed by atoms with Gasteiger partial charge in [-0.3, -0.25) is 0 Å². The molecule has 0 spiro atoms. The van der Waals surface area contributed by atoms with Crippen molar-refractivity contribution in [2.45, 2.75) is 37.4 Å². The fourth-order valence-corrected chi connectivity index (χ4v) is 2.62. The van der Waals surface area contributed by atoms with Crippen molar-refractivity contribution in [3.63, 3.8) is 0 Å². The summed E-state index contributed by atoms with van der Waals surface area (Å²) in [5, 5.41) is 0. The second-order valence-corrected chi connectivity index (χ2v) is 6.07. The molecule has 2 unspecified atom stereocenters. The molecule has 0 aromatic heterocycles. The Kier molecular flexibility index (Phi) is 5.45. The Morgan fingerprint density at radius 1 is 1.29 bits per heavy atom. The van der Waals surface area contributed by atoms with Crippen LogP contribution in [0.3, 0.4) is 0 Å². The average Bonchev–Trinajstić information content (AvgIpc) is 2.18. The molecule has 0 aliphatic carbocycles. The summed E-state index contributed by atoms with van der Waals surface area (Å²) in [6.45, 7) is 4.52. The quantitative estimate of drug-likeness (QED) is 0.522. The minimum Gasteiger partial charge on any atom is -0.0884 e. The number of halogens is 2. The smallest absolute Gasteiger partial charge is 0.0211 e. The van der Waals surface area contributed by atoms with Crippen LogP contribution in [-0.4, -0.2) is 4.83 Å². The van der Waals surface area contributed by atoms with E-state index in [1.54, 1.807) is 0 Å². The molecular weight excluding hydrogens is 351 g/mol. The van der Waals surface area contributed by atoms with E-state index in [0.29, 0.717) is 10.7 Å². The van der Waals surface area contributed by atoms with Crippen molar-refractivity contribution in [1.82, 2.24) is 0 Å². The Morgan fingerprint density at radius 2 is 1.86 bits per heavy atom. The van der Waals surface area contributed by atoms with E-state index in [-0.39, 0.29) is 0 Å². The van der Waals surface area contributed by atoms with Gasteiger partial charge < -0.3 is 0 Å². The molecule has 0 heterocycles. The second-order valence-electron chi connectivity index (χ2n) is 3.64. The van der Waals surface area contributed by atoms with Gasteiger partial charge in [-0.05, 0) is 52.6 Å². The highest BCUT2D eigenvalue weighted by Crippen LogP contribution is 2.28. The lowest BCUT2D eigenvalue weighted by Gasteiger charge is -2.18. The molecule has 1 rings (SSSR count). The molecule has 0 aliphatic rings. The Labute approximate surface area is 109 Å². The zero-order chi connectivity index (χ0) is 10.6. The first-order valence-corrected chi connectivity index (χ1v) is 7.04. The second kappa shape index (κ2) is 6.11. The normalized spacial score (nSPS) is 15.1. The van der Waals surface area contributed by atoms with Crippen molar-refractivity contribution in [3.8, 4) is 0 Å². The zero-order valence-electron chi connectivity index (χ0n) is 8.63. The van der Waals surface area contributed by atoms with E-state index in [0.717, 1.165) is 0 Å². The molecule has 2 atom stereocenters. The largest absolute Gasteiger partial charge is 0.0884 e. The number of hydrogen-bond donors (Lipinski definition) is 0. The molecule has 0 radical (unpaired) electrons. The fourth-order valence-electron chi connectivity index (χ4n) is 1.50. The van der Waals surface area contributed by atoms with Crippen LogP contribution in [0.2, 0.25) is 0 Å². The van der Waals surface area contributed by atoms with Gasteiger partial charge in [-0.25, -0.2) is 0 Å². The molecule has 0 aliphatic heterocycles. The monoisotopic (exact) mass is 366 g/mol. The lowest BCUT2D eigenvalue weighted by molar-refractivity contribution is 0.651. The van der Waals surface area contributed by atoms with Gasteiger partial charge >= 0.3 is 0 Å². The van der Waals surface area contributed by atoms with Gasteiger partial charge in [0.15, 0.2) is 0 Å². The zero-order valence-corrected chi connectivity index (χ0v) is 12.4. The van der Waals surface area contributed by atoms with Crippen LogP contribution in [0.1, 0.15) is 38.2 Å². The first kappa shape index (κ1) is 12.5. The molecular formula is C12H16BrI. The van der Waals surface area contributed by atoms with Crippen LogP contribution in [0, 0.1) is 3.57 Å². The average molecular weight is 367 g/mol. The summed E-state index contributed by atoms with van der Waals surface area (Å²) >= 11 is 6.10. The summed E-state index contributed by atoms with van der Waals surface area (Å²) in [6, 6.07) is 8.82. The SMILES string of the molecule is CCCC(Br)C(C)c1ccc(I)cc1. The van der Waals surface area contributed by atoms with Crippen molar-refractivity contribution in [1.29, 1.82) is 0 Å². The fraction of sp³-hybridized carbons (Fsp3) is 0.500. The van der Waals surface area contributed by atoms with E-state index < -0.39 is 0 Å². The van der Waals surface area contributed by atoms with E-state index in [4.69, 9.17) is 0 Å². The third-order valence-electron chi connectivity index (χ3n) is 2.50. The van der Waals surface area contributed by atoms with Crippen LogP contribution in [-0.2, 0) is 0 Å².